The molecule has 1 rings (SSSR count). The van der Waals surface area contributed by atoms with Crippen molar-refractivity contribution in [2.24, 2.45) is 5.92 Å². The first kappa shape index (κ1) is 16.0. The third kappa shape index (κ3) is 4.91. The average molecular weight is 278 g/mol. The van der Waals surface area contributed by atoms with Gasteiger partial charge < -0.3 is 15.8 Å². The Morgan fingerprint density at radius 1 is 1.35 bits per heavy atom. The molecular weight excluding hydrogens is 256 g/mol. The molecule has 5 heteroatoms. The maximum Gasteiger partial charge on any atom is 0.328 e. The summed E-state index contributed by atoms with van der Waals surface area (Å²) in [5, 5.41) is 2.71. The first-order valence-corrected chi connectivity index (χ1v) is 6.65. The fourth-order valence-corrected chi connectivity index (χ4v) is 1.88. The van der Waals surface area contributed by atoms with Crippen molar-refractivity contribution >= 4 is 17.6 Å². The quantitative estimate of drug-likeness (QED) is 0.610. The van der Waals surface area contributed by atoms with E-state index in [-0.39, 0.29) is 11.8 Å². The second-order valence-corrected chi connectivity index (χ2v) is 5.06. The lowest BCUT2D eigenvalue weighted by molar-refractivity contribution is -0.146. The minimum Gasteiger partial charge on any atom is -0.467 e. The van der Waals surface area contributed by atoms with Gasteiger partial charge >= 0.3 is 5.97 Å². The summed E-state index contributed by atoms with van der Waals surface area (Å²) in [5.74, 6) is -0.604. The Bertz CT molecular complexity index is 472. The van der Waals surface area contributed by atoms with Gasteiger partial charge in [-0.1, -0.05) is 26.0 Å². The molecule has 1 amide bonds. The summed E-state index contributed by atoms with van der Waals surface area (Å²) in [6, 6.07) is 6.81. The minimum absolute atomic E-state index is 0.0150. The van der Waals surface area contributed by atoms with Crippen LogP contribution in [0.3, 0.4) is 0 Å². The average Bonchev–Trinajstić information content (AvgIpc) is 2.41. The van der Waals surface area contributed by atoms with Crippen LogP contribution in [0.5, 0.6) is 0 Å². The molecular formula is C15H22N2O3. The van der Waals surface area contributed by atoms with E-state index >= 15 is 0 Å². The Morgan fingerprint density at radius 3 is 2.60 bits per heavy atom. The lowest BCUT2D eigenvalue weighted by Crippen LogP contribution is -2.45. The van der Waals surface area contributed by atoms with Crippen LogP contribution in [0.1, 0.15) is 25.8 Å². The fraction of sp³-hybridized carbons (Fsp3) is 0.467. The third-order valence-electron chi connectivity index (χ3n) is 3.03. The number of ether oxygens (including phenoxy) is 1. The van der Waals surface area contributed by atoms with Gasteiger partial charge in [0.25, 0.3) is 0 Å². The molecule has 0 radical (unpaired) electrons. The van der Waals surface area contributed by atoms with Crippen LogP contribution in [-0.4, -0.2) is 25.0 Å². The van der Waals surface area contributed by atoms with Crippen molar-refractivity contribution in [1.82, 2.24) is 5.32 Å². The van der Waals surface area contributed by atoms with Crippen LogP contribution in [0, 0.1) is 5.92 Å². The first-order valence-electron chi connectivity index (χ1n) is 6.65. The Balaban J connectivity index is 2.52. The van der Waals surface area contributed by atoms with E-state index in [2.05, 4.69) is 10.1 Å². The second-order valence-electron chi connectivity index (χ2n) is 5.06. The molecule has 20 heavy (non-hydrogen) atoms. The molecule has 5 nitrogen and oxygen atoms in total. The maximum absolute atomic E-state index is 11.9. The Hall–Kier alpha value is -2.04. The zero-order valence-corrected chi connectivity index (χ0v) is 12.2. The number of methoxy groups -OCH3 is 1. The number of nitrogen functional groups attached to an aromatic ring is 1. The van der Waals surface area contributed by atoms with E-state index in [1.807, 2.05) is 32.0 Å². The standard InChI is InChI=1S/C15H22N2O3/c1-10(2)14(15(19)20-3)17-13(18)8-7-11-5-4-6-12(16)9-11/h4-6,9-10,14H,7-8,16H2,1-3H3,(H,17,18)/t14-/m0/s1. The molecule has 110 valence electrons. The van der Waals surface area contributed by atoms with Gasteiger partial charge in [-0.2, -0.15) is 0 Å². The van der Waals surface area contributed by atoms with Gasteiger partial charge in [0.1, 0.15) is 6.04 Å². The van der Waals surface area contributed by atoms with Crippen LogP contribution in [-0.2, 0) is 20.7 Å². The fourth-order valence-electron chi connectivity index (χ4n) is 1.88. The number of benzene rings is 1. The number of carbonyl (C=O) groups is 2. The summed E-state index contributed by atoms with van der Waals surface area (Å²) in [7, 11) is 1.32. The highest BCUT2D eigenvalue weighted by atomic mass is 16.5. The number of nitrogens with one attached hydrogen (secondary N) is 1. The number of anilines is 1. The van der Waals surface area contributed by atoms with Gasteiger partial charge in [0, 0.05) is 12.1 Å². The molecule has 0 aliphatic rings. The second kappa shape index (κ2) is 7.53. The monoisotopic (exact) mass is 278 g/mol. The van der Waals surface area contributed by atoms with E-state index in [1.165, 1.54) is 7.11 Å². The summed E-state index contributed by atoms with van der Waals surface area (Å²) in [4.78, 5) is 23.4. The molecule has 0 unspecified atom stereocenters. The highest BCUT2D eigenvalue weighted by Gasteiger charge is 2.24. The zero-order valence-electron chi connectivity index (χ0n) is 12.2. The van der Waals surface area contributed by atoms with Gasteiger partial charge in [-0.05, 0) is 30.0 Å². The number of hydrogen-bond acceptors (Lipinski definition) is 4. The van der Waals surface area contributed by atoms with Gasteiger partial charge in [-0.25, -0.2) is 4.79 Å². The van der Waals surface area contributed by atoms with Crippen molar-refractivity contribution in [3.05, 3.63) is 29.8 Å². The number of nitrogens with two attached hydrogens (primary N) is 1. The number of hydrogen-bond donors (Lipinski definition) is 2. The summed E-state index contributed by atoms with van der Waals surface area (Å²) in [6.07, 6.45) is 0.895. The predicted molar refractivity (Wildman–Crippen MR) is 78.0 cm³/mol. The molecule has 0 fully saturated rings. The van der Waals surface area contributed by atoms with Gasteiger partial charge in [-0.15, -0.1) is 0 Å². The van der Waals surface area contributed by atoms with Crippen molar-refractivity contribution in [1.29, 1.82) is 0 Å². The lowest BCUT2D eigenvalue weighted by Gasteiger charge is -2.19. The third-order valence-corrected chi connectivity index (χ3v) is 3.03. The number of carbonyl (C=O) groups excluding carboxylic acids is 2. The largest absolute Gasteiger partial charge is 0.467 e. The van der Waals surface area contributed by atoms with Crippen molar-refractivity contribution < 1.29 is 14.3 Å². The normalized spacial score (nSPS) is 12.0. The molecule has 1 aromatic carbocycles. The number of amides is 1. The molecule has 1 atom stereocenters. The highest BCUT2D eigenvalue weighted by molar-refractivity contribution is 5.84. The van der Waals surface area contributed by atoms with Gasteiger partial charge in [0.05, 0.1) is 7.11 Å². The summed E-state index contributed by atoms with van der Waals surface area (Å²) in [6.45, 7) is 3.72. The smallest absolute Gasteiger partial charge is 0.328 e. The van der Waals surface area contributed by atoms with Crippen LogP contribution in [0.2, 0.25) is 0 Å². The lowest BCUT2D eigenvalue weighted by atomic mass is 10.0. The SMILES string of the molecule is COC(=O)[C@@H](NC(=O)CCc1cccc(N)c1)C(C)C. The topological polar surface area (TPSA) is 81.4 Å². The Morgan fingerprint density at radius 2 is 2.05 bits per heavy atom. The maximum atomic E-state index is 11.9. The van der Waals surface area contributed by atoms with E-state index in [0.29, 0.717) is 18.5 Å². The van der Waals surface area contributed by atoms with E-state index < -0.39 is 12.0 Å². The van der Waals surface area contributed by atoms with Crippen molar-refractivity contribution in [3.63, 3.8) is 0 Å². The molecule has 0 aliphatic carbocycles. The van der Waals surface area contributed by atoms with E-state index in [1.54, 1.807) is 6.07 Å². The molecule has 3 N–H and O–H groups in total. The predicted octanol–water partition coefficient (Wildman–Crippen LogP) is 1.52. The Kier molecular flexibility index (Phi) is 6.03. The summed E-state index contributed by atoms with van der Waals surface area (Å²) < 4.78 is 4.68. The van der Waals surface area contributed by atoms with Crippen LogP contribution < -0.4 is 11.1 Å². The van der Waals surface area contributed by atoms with Crippen LogP contribution in [0.25, 0.3) is 0 Å². The number of esters is 1. The van der Waals surface area contributed by atoms with Gasteiger partial charge in [0.2, 0.25) is 5.91 Å². The Labute approximate surface area is 119 Å². The zero-order chi connectivity index (χ0) is 15.1. The number of aryl methyl sites for hydroxylation is 1. The van der Waals surface area contributed by atoms with Gasteiger partial charge in [0.15, 0.2) is 0 Å². The van der Waals surface area contributed by atoms with E-state index in [4.69, 9.17) is 5.73 Å². The molecule has 0 spiro atoms. The van der Waals surface area contributed by atoms with E-state index in [0.717, 1.165) is 5.56 Å². The molecule has 0 saturated carbocycles. The molecule has 0 saturated heterocycles. The number of rotatable bonds is 6. The first-order chi connectivity index (χ1) is 9.43. The molecule has 0 aliphatic heterocycles. The minimum atomic E-state index is -0.603. The highest BCUT2D eigenvalue weighted by Crippen LogP contribution is 2.09. The van der Waals surface area contributed by atoms with Crippen LogP contribution in [0.4, 0.5) is 5.69 Å². The van der Waals surface area contributed by atoms with Crippen LogP contribution >= 0.6 is 0 Å². The van der Waals surface area contributed by atoms with Crippen molar-refractivity contribution in [3.8, 4) is 0 Å². The molecule has 0 bridgehead atoms. The molecule has 0 heterocycles. The van der Waals surface area contributed by atoms with Crippen molar-refractivity contribution in [2.75, 3.05) is 12.8 Å². The summed E-state index contributed by atoms with van der Waals surface area (Å²) >= 11 is 0. The van der Waals surface area contributed by atoms with Gasteiger partial charge in [-0.3, -0.25) is 4.79 Å². The molecule has 1 aromatic rings. The van der Waals surface area contributed by atoms with E-state index in [9.17, 15) is 9.59 Å². The molecule has 0 aromatic heterocycles. The van der Waals surface area contributed by atoms with Crippen molar-refractivity contribution in [2.45, 2.75) is 32.7 Å². The summed E-state index contributed by atoms with van der Waals surface area (Å²) in [5.41, 5.74) is 7.36. The van der Waals surface area contributed by atoms with Crippen LogP contribution in [0.15, 0.2) is 24.3 Å².